The van der Waals surface area contributed by atoms with Crippen LogP contribution in [0, 0.1) is 0 Å². The monoisotopic (exact) mass is 361 g/mol. The average Bonchev–Trinajstić information content (AvgIpc) is 2.72. The fourth-order valence-electron chi connectivity index (χ4n) is 2.38. The highest BCUT2D eigenvalue weighted by molar-refractivity contribution is 9.10. The second kappa shape index (κ2) is 5.10. The second-order valence-corrected chi connectivity index (χ2v) is 5.87. The first-order valence-electron chi connectivity index (χ1n) is 6.49. The van der Waals surface area contributed by atoms with E-state index in [2.05, 4.69) is 21.2 Å². The quantitative estimate of drug-likeness (QED) is 0.885. The van der Waals surface area contributed by atoms with E-state index < -0.39 is 11.3 Å². The standard InChI is InChI=1S/C15H12BrN3O3/c1-18-13-11(20)7-10(14(21)12(13)15(22)19(18)2)17-9-5-3-8(16)4-6-9/h3-7,17H,1-2H3. The molecule has 1 aliphatic carbocycles. The molecule has 22 heavy (non-hydrogen) atoms. The van der Waals surface area contributed by atoms with Gasteiger partial charge in [-0.05, 0) is 24.3 Å². The highest BCUT2D eigenvalue weighted by Crippen LogP contribution is 2.22. The maximum atomic E-state index is 12.5. The van der Waals surface area contributed by atoms with Crippen LogP contribution in [0.15, 0.2) is 45.3 Å². The molecular weight excluding hydrogens is 350 g/mol. The molecule has 0 atom stereocenters. The van der Waals surface area contributed by atoms with E-state index in [4.69, 9.17) is 0 Å². The van der Waals surface area contributed by atoms with Gasteiger partial charge in [0.1, 0.15) is 11.3 Å². The van der Waals surface area contributed by atoms with E-state index in [1.165, 1.54) is 22.5 Å². The number of carbonyl (C=O) groups excluding carboxylic acids is 2. The minimum Gasteiger partial charge on any atom is -0.352 e. The SMILES string of the molecule is Cn1c2c(c(=O)n1C)C(=O)C(Nc1ccc(Br)cc1)=CC2=O. The summed E-state index contributed by atoms with van der Waals surface area (Å²) in [4.78, 5) is 36.9. The Labute approximate surface area is 134 Å². The topological polar surface area (TPSA) is 73.1 Å². The van der Waals surface area contributed by atoms with Crippen molar-refractivity contribution in [2.24, 2.45) is 14.1 Å². The van der Waals surface area contributed by atoms with Gasteiger partial charge in [0.15, 0.2) is 0 Å². The van der Waals surface area contributed by atoms with Gasteiger partial charge in [0.2, 0.25) is 11.6 Å². The molecule has 0 bridgehead atoms. The van der Waals surface area contributed by atoms with Crippen LogP contribution in [0.25, 0.3) is 0 Å². The van der Waals surface area contributed by atoms with Crippen LogP contribution in [0.5, 0.6) is 0 Å². The number of nitrogens with zero attached hydrogens (tertiary/aromatic N) is 2. The van der Waals surface area contributed by atoms with Crippen molar-refractivity contribution < 1.29 is 9.59 Å². The van der Waals surface area contributed by atoms with Gasteiger partial charge in [0.05, 0.1) is 5.70 Å². The van der Waals surface area contributed by atoms with E-state index in [0.29, 0.717) is 5.69 Å². The van der Waals surface area contributed by atoms with Crippen LogP contribution in [-0.4, -0.2) is 20.9 Å². The summed E-state index contributed by atoms with van der Waals surface area (Å²) in [6.45, 7) is 0. The molecule has 0 unspecified atom stereocenters. The zero-order chi connectivity index (χ0) is 16.0. The fourth-order valence-corrected chi connectivity index (χ4v) is 2.64. The van der Waals surface area contributed by atoms with E-state index in [1.807, 2.05) is 12.1 Å². The number of hydrogen-bond donors (Lipinski definition) is 1. The summed E-state index contributed by atoms with van der Waals surface area (Å²) in [6.07, 6.45) is 1.23. The van der Waals surface area contributed by atoms with E-state index >= 15 is 0 Å². The summed E-state index contributed by atoms with van der Waals surface area (Å²) >= 11 is 3.32. The van der Waals surface area contributed by atoms with Crippen molar-refractivity contribution in [3.63, 3.8) is 0 Å². The van der Waals surface area contributed by atoms with Crippen molar-refractivity contribution in [3.8, 4) is 0 Å². The van der Waals surface area contributed by atoms with Crippen molar-refractivity contribution in [1.82, 2.24) is 9.36 Å². The maximum absolute atomic E-state index is 12.5. The predicted molar refractivity (Wildman–Crippen MR) is 85.2 cm³/mol. The number of nitrogens with one attached hydrogen (secondary N) is 1. The zero-order valence-corrected chi connectivity index (χ0v) is 13.5. The molecule has 0 saturated carbocycles. The number of ketones is 2. The molecule has 0 amide bonds. The van der Waals surface area contributed by atoms with E-state index in [9.17, 15) is 14.4 Å². The number of benzene rings is 1. The lowest BCUT2D eigenvalue weighted by Crippen LogP contribution is -2.26. The first-order valence-corrected chi connectivity index (χ1v) is 7.28. The Morgan fingerprint density at radius 3 is 2.27 bits per heavy atom. The van der Waals surface area contributed by atoms with Crippen molar-refractivity contribution in [1.29, 1.82) is 0 Å². The highest BCUT2D eigenvalue weighted by atomic mass is 79.9. The second-order valence-electron chi connectivity index (χ2n) is 4.96. The molecule has 0 saturated heterocycles. The number of halogens is 1. The van der Waals surface area contributed by atoms with Crippen LogP contribution < -0.4 is 10.9 Å². The Bertz CT molecular complexity index is 888. The third kappa shape index (κ3) is 2.14. The first-order chi connectivity index (χ1) is 10.4. The smallest absolute Gasteiger partial charge is 0.278 e. The number of carbonyl (C=O) groups is 2. The minimum atomic E-state index is -0.473. The van der Waals surface area contributed by atoms with Gasteiger partial charge in [-0.3, -0.25) is 23.7 Å². The number of rotatable bonds is 2. The largest absolute Gasteiger partial charge is 0.352 e. The summed E-state index contributed by atoms with van der Waals surface area (Å²) in [5.41, 5.74) is 0.324. The summed E-state index contributed by atoms with van der Waals surface area (Å²) in [5.74, 6) is -0.840. The van der Waals surface area contributed by atoms with Crippen LogP contribution in [-0.2, 0) is 14.1 Å². The van der Waals surface area contributed by atoms with Gasteiger partial charge < -0.3 is 5.32 Å². The van der Waals surface area contributed by atoms with Crippen LogP contribution in [0.3, 0.4) is 0 Å². The lowest BCUT2D eigenvalue weighted by molar-refractivity contribution is 0.0980. The summed E-state index contributed by atoms with van der Waals surface area (Å²) in [5, 5.41) is 2.90. The molecule has 7 heteroatoms. The summed E-state index contributed by atoms with van der Waals surface area (Å²) < 4.78 is 3.54. The molecular formula is C15H12BrN3O3. The molecule has 1 aromatic heterocycles. The zero-order valence-electron chi connectivity index (χ0n) is 11.9. The van der Waals surface area contributed by atoms with E-state index in [0.717, 1.165) is 4.47 Å². The van der Waals surface area contributed by atoms with Crippen LogP contribution in [0.1, 0.15) is 20.8 Å². The third-order valence-corrected chi connectivity index (χ3v) is 4.15. The molecule has 112 valence electrons. The Kier molecular flexibility index (Phi) is 3.37. The van der Waals surface area contributed by atoms with Gasteiger partial charge in [-0.15, -0.1) is 0 Å². The number of anilines is 1. The van der Waals surface area contributed by atoms with Gasteiger partial charge in [-0.1, -0.05) is 15.9 Å². The number of allylic oxidation sites excluding steroid dienone is 2. The van der Waals surface area contributed by atoms with E-state index in [1.54, 1.807) is 19.2 Å². The minimum absolute atomic E-state index is 0.0860. The lowest BCUT2D eigenvalue weighted by atomic mass is 9.99. The molecule has 1 heterocycles. The van der Waals surface area contributed by atoms with Crippen LogP contribution in [0.2, 0.25) is 0 Å². The first kappa shape index (κ1) is 14.5. The number of aromatic nitrogens is 2. The molecule has 1 aromatic carbocycles. The van der Waals surface area contributed by atoms with Gasteiger partial charge in [-0.25, -0.2) is 0 Å². The van der Waals surface area contributed by atoms with E-state index in [-0.39, 0.29) is 22.7 Å². The molecule has 2 aromatic rings. The van der Waals surface area contributed by atoms with Crippen LogP contribution >= 0.6 is 15.9 Å². The molecule has 6 nitrogen and oxygen atoms in total. The van der Waals surface area contributed by atoms with Crippen molar-refractivity contribution in [2.75, 3.05) is 5.32 Å². The molecule has 3 rings (SSSR count). The van der Waals surface area contributed by atoms with Crippen molar-refractivity contribution in [2.45, 2.75) is 0 Å². The Morgan fingerprint density at radius 2 is 1.64 bits per heavy atom. The highest BCUT2D eigenvalue weighted by Gasteiger charge is 2.33. The molecule has 0 radical (unpaired) electrons. The van der Waals surface area contributed by atoms with Gasteiger partial charge in [0.25, 0.3) is 5.56 Å². The van der Waals surface area contributed by atoms with Crippen molar-refractivity contribution >= 4 is 33.2 Å². The summed E-state index contributed by atoms with van der Waals surface area (Å²) in [6, 6.07) is 7.15. The van der Waals surface area contributed by atoms with Gasteiger partial charge in [0, 0.05) is 30.3 Å². The Balaban J connectivity index is 2.04. The average molecular weight is 362 g/mol. The molecule has 0 spiro atoms. The molecule has 1 aliphatic rings. The molecule has 1 N–H and O–H groups in total. The Morgan fingerprint density at radius 1 is 1.00 bits per heavy atom. The van der Waals surface area contributed by atoms with Gasteiger partial charge >= 0.3 is 0 Å². The Hall–Kier alpha value is -2.41. The fraction of sp³-hybridized carbons (Fsp3) is 0.133. The summed E-state index contributed by atoms with van der Waals surface area (Å²) in [7, 11) is 3.09. The van der Waals surface area contributed by atoms with Crippen molar-refractivity contribution in [3.05, 3.63) is 62.1 Å². The molecule has 0 fully saturated rings. The maximum Gasteiger partial charge on any atom is 0.278 e. The molecule has 0 aliphatic heterocycles. The van der Waals surface area contributed by atoms with Crippen LogP contribution in [0.4, 0.5) is 5.69 Å². The lowest BCUT2D eigenvalue weighted by Gasteiger charge is -2.14. The number of fused-ring (bicyclic) bond motifs is 1. The number of hydrogen-bond acceptors (Lipinski definition) is 4. The van der Waals surface area contributed by atoms with Gasteiger partial charge in [-0.2, -0.15) is 0 Å². The normalized spacial score (nSPS) is 13.9. The number of Topliss-reactive ketones (excluding diaryl/α,β-unsaturated/α-hetero) is 1. The predicted octanol–water partition coefficient (Wildman–Crippen LogP) is 1.86. The third-order valence-electron chi connectivity index (χ3n) is 3.62.